The van der Waals surface area contributed by atoms with Crippen molar-refractivity contribution >= 4 is 5.82 Å². The van der Waals surface area contributed by atoms with E-state index in [1.54, 1.807) is 6.33 Å². The maximum Gasteiger partial charge on any atom is 0.133 e. The summed E-state index contributed by atoms with van der Waals surface area (Å²) in [5.74, 6) is 1.08. The molecule has 0 aliphatic heterocycles. The molecule has 0 unspecified atom stereocenters. The predicted octanol–water partition coefficient (Wildman–Crippen LogP) is 2.81. The van der Waals surface area contributed by atoms with E-state index >= 15 is 0 Å². The summed E-state index contributed by atoms with van der Waals surface area (Å²) >= 11 is 0. The lowest BCUT2D eigenvalue weighted by Crippen LogP contribution is -2.13. The van der Waals surface area contributed by atoms with E-state index in [-0.39, 0.29) is 0 Å². The molecule has 1 aromatic heterocycles. The number of hydrogen-bond donors (Lipinski definition) is 1. The van der Waals surface area contributed by atoms with Crippen molar-refractivity contribution in [2.75, 3.05) is 5.32 Å². The maximum absolute atomic E-state index is 4.44. The second kappa shape index (κ2) is 3.21. The zero-order valence-electron chi connectivity index (χ0n) is 11.2. The summed E-state index contributed by atoms with van der Waals surface area (Å²) in [6.07, 6.45) is 5.17. The first-order valence-electron chi connectivity index (χ1n) is 6.54. The van der Waals surface area contributed by atoms with Gasteiger partial charge in [0.15, 0.2) is 0 Å². The monoisotopic (exact) mass is 231 g/mol. The molecule has 1 N–H and O–H groups in total. The highest BCUT2D eigenvalue weighted by Gasteiger charge is 2.65. The molecule has 0 aromatic carbocycles. The molecule has 0 spiro atoms. The van der Waals surface area contributed by atoms with Gasteiger partial charge in [-0.05, 0) is 30.1 Å². The van der Waals surface area contributed by atoms with Crippen LogP contribution in [0, 0.1) is 10.8 Å². The van der Waals surface area contributed by atoms with E-state index in [0.29, 0.717) is 16.9 Å². The van der Waals surface area contributed by atoms with Crippen LogP contribution in [-0.2, 0) is 12.8 Å². The van der Waals surface area contributed by atoms with Crippen LogP contribution in [-0.4, -0.2) is 16.0 Å². The van der Waals surface area contributed by atoms with Gasteiger partial charge in [0, 0.05) is 17.3 Å². The van der Waals surface area contributed by atoms with Gasteiger partial charge in [0.1, 0.15) is 12.1 Å². The Kier molecular flexibility index (Phi) is 2.08. The molecule has 1 aromatic rings. The van der Waals surface area contributed by atoms with Gasteiger partial charge in [0.05, 0.1) is 0 Å². The van der Waals surface area contributed by atoms with Crippen LogP contribution < -0.4 is 5.32 Å². The summed E-state index contributed by atoms with van der Waals surface area (Å²) in [4.78, 5) is 8.81. The van der Waals surface area contributed by atoms with Gasteiger partial charge < -0.3 is 5.32 Å². The van der Waals surface area contributed by atoms with Gasteiger partial charge in [-0.2, -0.15) is 0 Å². The van der Waals surface area contributed by atoms with Crippen LogP contribution in [0.1, 0.15) is 45.4 Å². The Balaban J connectivity index is 1.87. The van der Waals surface area contributed by atoms with Crippen molar-refractivity contribution in [3.8, 4) is 0 Å². The van der Waals surface area contributed by atoms with Gasteiger partial charge in [-0.3, -0.25) is 0 Å². The Bertz CT molecular complexity index is 449. The van der Waals surface area contributed by atoms with Crippen LogP contribution in [0.3, 0.4) is 0 Å². The van der Waals surface area contributed by atoms with Crippen LogP contribution >= 0.6 is 0 Å². The standard InChI is InChI=1S/C14H21N3/c1-13(2)12(14(13,3)4)17-11-9-6-5-7-10(9)15-8-16-11/h8,12H,5-7H2,1-4H3,(H,15,16,17). The highest BCUT2D eigenvalue weighted by atomic mass is 15.1. The number of fused-ring (bicyclic) bond motifs is 1. The van der Waals surface area contributed by atoms with Crippen molar-refractivity contribution in [1.82, 2.24) is 9.97 Å². The minimum Gasteiger partial charge on any atom is -0.366 e. The number of anilines is 1. The highest BCUT2D eigenvalue weighted by Crippen LogP contribution is 2.63. The Morgan fingerprint density at radius 3 is 2.47 bits per heavy atom. The van der Waals surface area contributed by atoms with Crippen molar-refractivity contribution in [2.45, 2.75) is 53.0 Å². The van der Waals surface area contributed by atoms with E-state index < -0.39 is 0 Å². The first-order valence-corrected chi connectivity index (χ1v) is 6.54. The molecule has 0 saturated heterocycles. The molecule has 3 nitrogen and oxygen atoms in total. The van der Waals surface area contributed by atoms with Crippen LogP contribution in [0.15, 0.2) is 6.33 Å². The minimum absolute atomic E-state index is 0.351. The fourth-order valence-electron chi connectivity index (χ4n) is 3.18. The fraction of sp³-hybridized carbons (Fsp3) is 0.714. The quantitative estimate of drug-likeness (QED) is 0.850. The Labute approximate surface area is 103 Å². The fourth-order valence-corrected chi connectivity index (χ4v) is 3.18. The number of nitrogens with zero attached hydrogens (tertiary/aromatic N) is 2. The molecule has 2 aliphatic carbocycles. The summed E-state index contributed by atoms with van der Waals surface area (Å²) in [5.41, 5.74) is 3.30. The molecule has 1 saturated carbocycles. The SMILES string of the molecule is CC1(C)C(Nc2ncnc3c2CCC3)C1(C)C. The second-order valence-electron chi connectivity index (χ2n) is 6.52. The van der Waals surface area contributed by atoms with Crippen molar-refractivity contribution in [2.24, 2.45) is 10.8 Å². The molecule has 0 radical (unpaired) electrons. The zero-order chi connectivity index (χ0) is 12.3. The predicted molar refractivity (Wildman–Crippen MR) is 69.0 cm³/mol. The molecule has 92 valence electrons. The van der Waals surface area contributed by atoms with E-state index in [4.69, 9.17) is 0 Å². The minimum atomic E-state index is 0.351. The molecule has 3 heteroatoms. The summed E-state index contributed by atoms with van der Waals surface area (Å²) in [6, 6.07) is 0.523. The molecule has 0 bridgehead atoms. The Hall–Kier alpha value is -1.12. The van der Waals surface area contributed by atoms with Gasteiger partial charge in [-0.15, -0.1) is 0 Å². The summed E-state index contributed by atoms with van der Waals surface area (Å²) < 4.78 is 0. The molecular formula is C14H21N3. The topological polar surface area (TPSA) is 37.8 Å². The van der Waals surface area contributed by atoms with Crippen molar-refractivity contribution < 1.29 is 0 Å². The third kappa shape index (κ3) is 1.41. The van der Waals surface area contributed by atoms with E-state index in [1.807, 2.05) is 0 Å². The molecule has 17 heavy (non-hydrogen) atoms. The molecule has 0 atom stereocenters. The van der Waals surface area contributed by atoms with Gasteiger partial charge in [0.25, 0.3) is 0 Å². The van der Waals surface area contributed by atoms with E-state index in [0.717, 1.165) is 18.7 Å². The van der Waals surface area contributed by atoms with Crippen molar-refractivity contribution in [3.63, 3.8) is 0 Å². The lowest BCUT2D eigenvalue weighted by Gasteiger charge is -2.11. The number of rotatable bonds is 2. The van der Waals surface area contributed by atoms with E-state index in [2.05, 4.69) is 43.0 Å². The molecule has 2 aliphatic rings. The molecule has 3 rings (SSSR count). The van der Waals surface area contributed by atoms with Crippen LogP contribution in [0.25, 0.3) is 0 Å². The average Bonchev–Trinajstić information content (AvgIpc) is 2.68. The highest BCUT2D eigenvalue weighted by molar-refractivity contribution is 5.51. The number of nitrogens with one attached hydrogen (secondary N) is 1. The molecule has 1 fully saturated rings. The van der Waals surface area contributed by atoms with Crippen molar-refractivity contribution in [3.05, 3.63) is 17.6 Å². The maximum atomic E-state index is 4.44. The Morgan fingerprint density at radius 2 is 1.82 bits per heavy atom. The smallest absolute Gasteiger partial charge is 0.133 e. The van der Waals surface area contributed by atoms with Crippen molar-refractivity contribution in [1.29, 1.82) is 0 Å². The van der Waals surface area contributed by atoms with Gasteiger partial charge in [-0.25, -0.2) is 9.97 Å². The van der Waals surface area contributed by atoms with Crippen LogP contribution in [0.5, 0.6) is 0 Å². The summed E-state index contributed by atoms with van der Waals surface area (Å²) in [6.45, 7) is 9.30. The first kappa shape index (κ1) is 11.0. The largest absolute Gasteiger partial charge is 0.366 e. The Morgan fingerprint density at radius 1 is 1.12 bits per heavy atom. The van der Waals surface area contributed by atoms with E-state index in [9.17, 15) is 0 Å². The summed E-state index contributed by atoms with van der Waals surface area (Å²) in [5, 5.41) is 3.65. The molecule has 1 heterocycles. The number of aromatic nitrogens is 2. The second-order valence-corrected chi connectivity index (χ2v) is 6.52. The molecular weight excluding hydrogens is 210 g/mol. The number of aryl methyl sites for hydroxylation is 1. The van der Waals surface area contributed by atoms with Gasteiger partial charge >= 0.3 is 0 Å². The normalized spacial score (nSPS) is 24.5. The first-order chi connectivity index (χ1) is 7.94. The number of hydrogen-bond acceptors (Lipinski definition) is 3. The third-order valence-electron chi connectivity index (χ3n) is 5.18. The van der Waals surface area contributed by atoms with Crippen LogP contribution in [0.4, 0.5) is 5.82 Å². The molecule has 0 amide bonds. The lowest BCUT2D eigenvalue weighted by atomic mass is 10.0. The third-order valence-corrected chi connectivity index (χ3v) is 5.18. The lowest BCUT2D eigenvalue weighted by molar-refractivity contribution is 0.457. The van der Waals surface area contributed by atoms with Gasteiger partial charge in [-0.1, -0.05) is 27.7 Å². The average molecular weight is 231 g/mol. The van der Waals surface area contributed by atoms with Crippen LogP contribution in [0.2, 0.25) is 0 Å². The zero-order valence-corrected chi connectivity index (χ0v) is 11.2. The summed E-state index contributed by atoms with van der Waals surface area (Å²) in [7, 11) is 0. The van der Waals surface area contributed by atoms with Gasteiger partial charge in [0.2, 0.25) is 0 Å². The van der Waals surface area contributed by atoms with E-state index in [1.165, 1.54) is 17.7 Å².